The van der Waals surface area contributed by atoms with Gasteiger partial charge in [-0.1, -0.05) is 71.2 Å². The molecule has 0 bridgehead atoms. The number of carbonyl (C=O) groups is 3. The Hall–Kier alpha value is -4.67. The van der Waals surface area contributed by atoms with Gasteiger partial charge in [-0.2, -0.15) is 26.3 Å². The number of ether oxygens (including phenoxy) is 2. The Kier molecular flexibility index (Phi) is 14.6. The monoisotopic (exact) mass is 946 g/mol. The van der Waals surface area contributed by atoms with Gasteiger partial charge in [0, 0.05) is 49.8 Å². The lowest BCUT2D eigenvalue weighted by atomic mass is 9.72. The van der Waals surface area contributed by atoms with Gasteiger partial charge >= 0.3 is 12.4 Å². The summed E-state index contributed by atoms with van der Waals surface area (Å²) < 4.78 is 95.5. The second kappa shape index (κ2) is 19.7. The fraction of sp³-hybridized carbons (Fsp3) is 0.438. The van der Waals surface area contributed by atoms with Crippen LogP contribution in [0.3, 0.4) is 0 Å². The van der Waals surface area contributed by atoms with Crippen molar-refractivity contribution in [1.29, 1.82) is 0 Å². The summed E-state index contributed by atoms with van der Waals surface area (Å²) in [6, 6.07) is 21.3. The van der Waals surface area contributed by atoms with Crippen LogP contribution in [-0.2, 0) is 44.1 Å². The number of nitrogens with one attached hydrogen (secondary N) is 1. The summed E-state index contributed by atoms with van der Waals surface area (Å²) in [4.78, 5) is 44.8. The smallest absolute Gasteiger partial charge is 0.367 e. The number of aryl methyl sites for hydroxylation is 1. The second-order valence-corrected chi connectivity index (χ2v) is 18.0. The Bertz CT molecular complexity index is 2340. The Balaban J connectivity index is 1.01. The molecule has 1 N–H and O–H groups in total. The van der Waals surface area contributed by atoms with Crippen molar-refractivity contribution >= 4 is 40.9 Å². The van der Waals surface area contributed by atoms with Gasteiger partial charge in [0.15, 0.2) is 0 Å². The van der Waals surface area contributed by atoms with E-state index in [2.05, 4.69) is 22.3 Å². The number of piperidine rings is 1. The van der Waals surface area contributed by atoms with Gasteiger partial charge in [0.05, 0.1) is 40.4 Å². The zero-order valence-corrected chi connectivity index (χ0v) is 37.5. The number of hydrogen-bond donors (Lipinski definition) is 1. The number of rotatable bonds is 13. The van der Waals surface area contributed by atoms with Crippen LogP contribution in [0.4, 0.5) is 26.3 Å². The zero-order chi connectivity index (χ0) is 46.7. The number of alkyl halides is 6. The van der Waals surface area contributed by atoms with Gasteiger partial charge in [-0.25, -0.2) is 0 Å². The zero-order valence-electron chi connectivity index (χ0n) is 36.0. The number of nitrogens with zero attached hydrogens (tertiary/aromatic N) is 3. The van der Waals surface area contributed by atoms with Crippen molar-refractivity contribution in [3.05, 3.63) is 139 Å². The minimum Gasteiger partial charge on any atom is -0.367 e. The molecule has 2 atom stereocenters. The molecule has 2 saturated heterocycles. The predicted octanol–water partition coefficient (Wildman–Crippen LogP) is 9.35. The van der Waals surface area contributed by atoms with Crippen LogP contribution in [0.1, 0.15) is 79.8 Å². The highest BCUT2D eigenvalue weighted by Crippen LogP contribution is 2.48. The van der Waals surface area contributed by atoms with E-state index in [-0.39, 0.29) is 65.7 Å². The van der Waals surface area contributed by atoms with Crippen LogP contribution in [0.2, 0.25) is 10.0 Å². The van der Waals surface area contributed by atoms with E-state index in [4.69, 9.17) is 32.7 Å². The number of likely N-dealkylation sites (N-methyl/N-ethyl adjacent to an activating group) is 1. The van der Waals surface area contributed by atoms with E-state index in [9.17, 15) is 40.7 Å². The number of morpholine rings is 1. The first-order valence-electron chi connectivity index (χ1n) is 21.5. The lowest BCUT2D eigenvalue weighted by Crippen LogP contribution is -2.54. The van der Waals surface area contributed by atoms with Crippen LogP contribution < -0.4 is 5.32 Å². The second-order valence-electron chi connectivity index (χ2n) is 17.2. The van der Waals surface area contributed by atoms with Gasteiger partial charge < -0.3 is 29.5 Å². The number of hydrogen-bond acceptors (Lipinski definition) is 6. The average molecular weight is 948 g/mol. The quantitative estimate of drug-likeness (QED) is 0.106. The average Bonchev–Trinajstić information content (AvgIpc) is 3.58. The summed E-state index contributed by atoms with van der Waals surface area (Å²) in [6.45, 7) is 4.14. The summed E-state index contributed by atoms with van der Waals surface area (Å²) in [6.07, 6.45) is -7.57. The van der Waals surface area contributed by atoms with E-state index in [1.54, 1.807) is 42.3 Å². The number of benzene rings is 4. The molecule has 7 rings (SSSR count). The summed E-state index contributed by atoms with van der Waals surface area (Å²) in [5.41, 5.74) is -0.945. The van der Waals surface area contributed by atoms with Crippen LogP contribution in [0.25, 0.3) is 0 Å². The molecule has 4 aromatic carbocycles. The fourth-order valence-corrected chi connectivity index (χ4v) is 9.57. The molecule has 1 aliphatic carbocycles. The van der Waals surface area contributed by atoms with E-state index in [1.807, 2.05) is 31.2 Å². The molecule has 65 heavy (non-hydrogen) atoms. The Morgan fingerprint density at radius 2 is 1.54 bits per heavy atom. The molecule has 2 aliphatic heterocycles. The normalized spacial score (nSPS) is 19.8. The van der Waals surface area contributed by atoms with E-state index in [1.165, 1.54) is 10.5 Å². The van der Waals surface area contributed by atoms with Crippen molar-refractivity contribution in [3.8, 4) is 0 Å². The first kappa shape index (κ1) is 48.3. The fourth-order valence-electron chi connectivity index (χ4n) is 9.28. The molecule has 1 spiro atoms. The highest BCUT2D eigenvalue weighted by molar-refractivity contribution is 6.42. The minimum absolute atomic E-state index is 0.00332. The lowest BCUT2D eigenvalue weighted by molar-refractivity contribution is -0.143. The molecule has 9 nitrogen and oxygen atoms in total. The van der Waals surface area contributed by atoms with Crippen LogP contribution >= 0.6 is 23.2 Å². The molecule has 3 aliphatic rings. The molecule has 348 valence electrons. The third kappa shape index (κ3) is 11.0. The highest BCUT2D eigenvalue weighted by atomic mass is 35.5. The van der Waals surface area contributed by atoms with E-state index in [0.717, 1.165) is 11.1 Å². The molecule has 2 fully saturated rings. The largest absolute Gasteiger partial charge is 0.416 e. The highest BCUT2D eigenvalue weighted by Gasteiger charge is 2.50. The Morgan fingerprint density at radius 3 is 2.20 bits per heavy atom. The van der Waals surface area contributed by atoms with Crippen molar-refractivity contribution in [1.82, 2.24) is 20.0 Å². The summed E-state index contributed by atoms with van der Waals surface area (Å²) in [7, 11) is 1.72. The van der Waals surface area contributed by atoms with E-state index < -0.39 is 40.6 Å². The van der Waals surface area contributed by atoms with Crippen LogP contribution in [-0.4, -0.2) is 105 Å². The molecular weight excluding hydrogens is 897 g/mol. The molecule has 2 heterocycles. The Labute approximate surface area is 383 Å². The third-order valence-electron chi connectivity index (χ3n) is 13.0. The Morgan fingerprint density at radius 1 is 0.862 bits per heavy atom. The van der Waals surface area contributed by atoms with Crippen LogP contribution in [0, 0.1) is 6.92 Å². The molecular formula is C48H50Cl2F6N4O5. The van der Waals surface area contributed by atoms with Gasteiger partial charge in [-0.05, 0) is 111 Å². The number of carbonyl (C=O) groups excluding carboxylic acids is 3. The first-order valence-corrected chi connectivity index (χ1v) is 22.2. The maximum Gasteiger partial charge on any atom is 0.416 e. The van der Waals surface area contributed by atoms with Crippen molar-refractivity contribution < 1.29 is 50.2 Å². The predicted molar refractivity (Wildman–Crippen MR) is 234 cm³/mol. The van der Waals surface area contributed by atoms with Gasteiger partial charge in [0.2, 0.25) is 5.91 Å². The van der Waals surface area contributed by atoms with Crippen molar-refractivity contribution in [3.63, 3.8) is 0 Å². The molecule has 3 amide bonds. The van der Waals surface area contributed by atoms with Gasteiger partial charge in [0.25, 0.3) is 11.8 Å². The first-order chi connectivity index (χ1) is 30.8. The number of likely N-dealkylation sites (tertiary alicyclic amines) is 1. The topological polar surface area (TPSA) is 91.4 Å². The molecule has 0 radical (unpaired) electrons. The van der Waals surface area contributed by atoms with Crippen molar-refractivity contribution in [2.75, 3.05) is 66.1 Å². The van der Waals surface area contributed by atoms with E-state index in [0.29, 0.717) is 88.1 Å². The summed E-state index contributed by atoms with van der Waals surface area (Å²) >= 11 is 12.7. The number of amides is 3. The van der Waals surface area contributed by atoms with Crippen molar-refractivity contribution in [2.45, 2.75) is 68.5 Å². The standard InChI is InChI=1S/C48H50Cl2F6N4O5/c1-31-8-10-32(11-9-31)43(62)57-17-5-18-58(2)42(61)29-64-41-26-33-6-3-4-7-38(33)45(41)14-19-59(20-15-45)21-16-46(35-12-13-39(49)40(50)28-35)30-60(22-23-65-46)44(63)34-24-36(47(51,52)53)27-37(25-34)48(54,55)56/h3-4,6-13,24-25,27-28,41H,5,14-23,26,29-30H2,1-2H3,(H,57,62)/t41-,46-/m0/s1. The maximum atomic E-state index is 13.9. The van der Waals surface area contributed by atoms with Crippen LogP contribution in [0.15, 0.2) is 84.9 Å². The van der Waals surface area contributed by atoms with Crippen LogP contribution in [0.5, 0.6) is 0 Å². The molecule has 0 unspecified atom stereocenters. The molecule has 4 aromatic rings. The number of fused-ring (bicyclic) bond motifs is 2. The summed E-state index contributed by atoms with van der Waals surface area (Å²) in [5, 5.41) is 3.37. The maximum absolute atomic E-state index is 13.9. The van der Waals surface area contributed by atoms with Crippen molar-refractivity contribution in [2.24, 2.45) is 0 Å². The molecule has 17 heteroatoms. The lowest BCUT2D eigenvalue weighted by Gasteiger charge is -2.46. The minimum atomic E-state index is -5.12. The third-order valence-corrected chi connectivity index (χ3v) is 13.8. The van der Waals surface area contributed by atoms with Gasteiger partial charge in [-0.15, -0.1) is 0 Å². The van der Waals surface area contributed by atoms with E-state index >= 15 is 0 Å². The summed E-state index contributed by atoms with van der Waals surface area (Å²) in [5.74, 6) is -1.33. The number of halogens is 8. The van der Waals surface area contributed by atoms with Gasteiger partial charge in [0.1, 0.15) is 12.2 Å². The molecule has 0 aromatic heterocycles. The molecule has 0 saturated carbocycles. The van der Waals surface area contributed by atoms with Gasteiger partial charge in [-0.3, -0.25) is 14.4 Å². The SMILES string of the molecule is Cc1ccc(C(=O)NCCCN(C)C(=O)CO[C@H]2Cc3ccccc3C23CCN(CC[C@@]2(c4ccc(Cl)c(Cl)c4)CN(C(=O)c4cc(C(F)(F)F)cc(C(F)(F)F)c4)CCO2)CC3)cc1.